The van der Waals surface area contributed by atoms with E-state index < -0.39 is 40.4 Å². The minimum atomic E-state index is -1.40. The molecule has 6 rings (SSSR count). The number of ether oxygens (including phenoxy) is 1. The van der Waals surface area contributed by atoms with E-state index in [1.54, 1.807) is 25.3 Å². The third-order valence-corrected chi connectivity index (χ3v) is 9.76. The van der Waals surface area contributed by atoms with Crippen molar-refractivity contribution >= 4 is 24.4 Å². The van der Waals surface area contributed by atoms with Crippen molar-refractivity contribution in [2.45, 2.75) is 44.8 Å². The number of hydrogen-bond acceptors (Lipinski definition) is 7. The van der Waals surface area contributed by atoms with E-state index in [4.69, 9.17) is 29.2 Å². The van der Waals surface area contributed by atoms with Gasteiger partial charge in [-0.3, -0.25) is 24.1 Å². The first kappa shape index (κ1) is 34.9. The van der Waals surface area contributed by atoms with Crippen LogP contribution in [0.5, 0.6) is 17.5 Å². The van der Waals surface area contributed by atoms with Gasteiger partial charge in [0.25, 0.3) is 11.1 Å². The highest BCUT2D eigenvalue weighted by atomic mass is 32.1. The fraction of sp³-hybridized carbons (Fsp3) is 0.278. The maximum Gasteiger partial charge on any atom is 0.259 e. The number of methoxy groups -OCH3 is 1. The summed E-state index contributed by atoms with van der Waals surface area (Å²) in [6.45, 7) is 2.38. The molecule has 3 aromatic carbocycles. The van der Waals surface area contributed by atoms with Crippen molar-refractivity contribution in [3.8, 4) is 17.5 Å². The smallest absolute Gasteiger partial charge is 0.259 e. The number of aromatic amines is 2. The second-order valence-corrected chi connectivity index (χ2v) is 13.2. The molecule has 0 radical (unpaired) electrons. The predicted octanol–water partition coefficient (Wildman–Crippen LogP) is 4.04. The van der Waals surface area contributed by atoms with Crippen molar-refractivity contribution in [3.05, 3.63) is 142 Å². The van der Waals surface area contributed by atoms with E-state index in [1.165, 1.54) is 58.0 Å². The van der Waals surface area contributed by atoms with Gasteiger partial charge in [-0.1, -0.05) is 30.3 Å². The molecule has 0 spiro atoms. The van der Waals surface area contributed by atoms with Crippen molar-refractivity contribution in [2.24, 2.45) is 0 Å². The molecule has 50 heavy (non-hydrogen) atoms. The standard InChI is InChI=1S/C36H35F2N5O5S2/c1-48-27-14-9-23(17-24(27)20-41-15-3-2-4-16-41)28(29-31(44)39-35(49)42(33(29)46)18-21-5-10-25(37)11-6-21)30-32(45)40-36(50)43(34(30)47)19-22-7-12-26(38)13-8-22/h5-14,17,28,46-47H,2-4,15-16,18-20H2,1H3,(H,39,44,49)(H,40,45,50). The van der Waals surface area contributed by atoms with Gasteiger partial charge >= 0.3 is 0 Å². The van der Waals surface area contributed by atoms with E-state index in [0.29, 0.717) is 29.0 Å². The first-order valence-corrected chi connectivity index (χ1v) is 16.9. The molecule has 3 heterocycles. The molecule has 4 N–H and O–H groups in total. The molecule has 0 bridgehead atoms. The van der Waals surface area contributed by atoms with Crippen LogP contribution in [0.1, 0.15) is 58.6 Å². The van der Waals surface area contributed by atoms with Gasteiger partial charge in [0.15, 0.2) is 9.54 Å². The summed E-state index contributed by atoms with van der Waals surface area (Å²) in [6, 6.07) is 16.2. The fourth-order valence-corrected chi connectivity index (χ4v) is 7.07. The zero-order valence-electron chi connectivity index (χ0n) is 27.1. The molecule has 1 unspecified atom stereocenters. The van der Waals surface area contributed by atoms with Crippen molar-refractivity contribution in [1.82, 2.24) is 19.1 Å². The second-order valence-electron chi connectivity index (χ2n) is 12.4. The Morgan fingerprint density at radius 1 is 0.840 bits per heavy atom. The predicted molar refractivity (Wildman–Crippen MR) is 186 cm³/mol. The van der Waals surface area contributed by atoms with Gasteiger partial charge in [0.05, 0.1) is 38.2 Å². The SMILES string of the molecule is COc1ccc(C(c2c([O-])n(Cc3ccc(F)cc3)c(=S)[nH]c2=O)c2c(O)n(Cc3ccc(F)cc3)c(=S)[nH]c2=O)cc1C[NH+]1CCCCC1. The van der Waals surface area contributed by atoms with Gasteiger partial charge in [0, 0.05) is 17.7 Å². The Hall–Kier alpha value is -4.92. The molecule has 1 aliphatic rings. The van der Waals surface area contributed by atoms with Crippen LogP contribution in [0.2, 0.25) is 0 Å². The minimum absolute atomic E-state index is 0.0517. The molecule has 260 valence electrons. The van der Waals surface area contributed by atoms with Crippen LogP contribution in [0.25, 0.3) is 0 Å². The largest absolute Gasteiger partial charge is 0.860 e. The van der Waals surface area contributed by atoms with E-state index in [-0.39, 0.29) is 33.8 Å². The number of aromatic nitrogens is 4. The Kier molecular flexibility index (Phi) is 10.4. The number of H-pyrrole nitrogens is 2. The quantitative estimate of drug-likeness (QED) is 0.160. The topological polar surface area (TPSA) is 133 Å². The van der Waals surface area contributed by atoms with E-state index >= 15 is 0 Å². The van der Waals surface area contributed by atoms with Gasteiger partial charge in [-0.2, -0.15) is 0 Å². The average molecular weight is 720 g/mol. The van der Waals surface area contributed by atoms with Crippen LogP contribution in [-0.4, -0.2) is 44.4 Å². The van der Waals surface area contributed by atoms with Gasteiger partial charge in [-0.05, 0) is 103 Å². The lowest BCUT2D eigenvalue weighted by Gasteiger charge is -2.28. The lowest BCUT2D eigenvalue weighted by atomic mass is 9.85. The van der Waals surface area contributed by atoms with E-state index in [0.717, 1.165) is 42.5 Å². The second kappa shape index (κ2) is 14.9. The summed E-state index contributed by atoms with van der Waals surface area (Å²) < 4.78 is 35.2. The van der Waals surface area contributed by atoms with Crippen LogP contribution in [0, 0.1) is 21.2 Å². The molecular formula is C36H35F2N5O5S2. The molecule has 1 fully saturated rings. The lowest BCUT2D eigenvalue weighted by molar-refractivity contribution is -0.918. The van der Waals surface area contributed by atoms with Gasteiger partial charge in [0.1, 0.15) is 23.9 Å². The molecule has 10 nitrogen and oxygen atoms in total. The molecular weight excluding hydrogens is 685 g/mol. The zero-order chi connectivity index (χ0) is 35.5. The average Bonchev–Trinajstić information content (AvgIpc) is 3.09. The highest BCUT2D eigenvalue weighted by Gasteiger charge is 2.31. The van der Waals surface area contributed by atoms with Crippen LogP contribution in [0.3, 0.4) is 0 Å². The van der Waals surface area contributed by atoms with E-state index in [9.17, 15) is 28.6 Å². The Morgan fingerprint density at radius 3 is 1.96 bits per heavy atom. The lowest BCUT2D eigenvalue weighted by Crippen LogP contribution is -3.11. The fourth-order valence-electron chi connectivity index (χ4n) is 6.58. The Bertz CT molecular complexity index is 2140. The summed E-state index contributed by atoms with van der Waals surface area (Å²) >= 11 is 10.8. The summed E-state index contributed by atoms with van der Waals surface area (Å²) in [5.74, 6) is -3.08. The number of benzene rings is 3. The number of rotatable bonds is 10. The van der Waals surface area contributed by atoms with Crippen LogP contribution in [0.4, 0.5) is 8.78 Å². The van der Waals surface area contributed by atoms with Crippen molar-refractivity contribution in [2.75, 3.05) is 20.2 Å². The molecule has 0 aliphatic carbocycles. The number of nitrogens with zero attached hydrogens (tertiary/aromatic N) is 2. The summed E-state index contributed by atoms with van der Waals surface area (Å²) in [5.41, 5.74) is -0.0360. The van der Waals surface area contributed by atoms with E-state index in [1.807, 2.05) is 0 Å². The summed E-state index contributed by atoms with van der Waals surface area (Å²) in [7, 11) is 1.56. The number of halogens is 2. The van der Waals surface area contributed by atoms with Crippen LogP contribution in [-0.2, 0) is 19.6 Å². The number of aromatic hydroxyl groups is 1. The van der Waals surface area contributed by atoms with Crippen molar-refractivity contribution in [3.63, 3.8) is 0 Å². The van der Waals surface area contributed by atoms with Gasteiger partial charge in [-0.15, -0.1) is 0 Å². The zero-order valence-corrected chi connectivity index (χ0v) is 28.8. The Morgan fingerprint density at radius 2 is 1.38 bits per heavy atom. The monoisotopic (exact) mass is 719 g/mol. The van der Waals surface area contributed by atoms with Crippen LogP contribution in [0.15, 0.2) is 76.3 Å². The number of piperidine rings is 1. The molecule has 5 aromatic rings. The first-order chi connectivity index (χ1) is 24.0. The molecule has 0 amide bonds. The summed E-state index contributed by atoms with van der Waals surface area (Å²) in [5, 5.41) is 26.3. The van der Waals surface area contributed by atoms with Gasteiger partial charge < -0.3 is 24.4 Å². The molecule has 1 saturated heterocycles. The normalized spacial score (nSPS) is 14.1. The first-order valence-electron chi connectivity index (χ1n) is 16.1. The molecule has 1 aliphatic heterocycles. The van der Waals surface area contributed by atoms with Gasteiger partial charge in [-0.25, -0.2) is 8.78 Å². The maximum absolute atomic E-state index is 14.4. The third-order valence-electron chi connectivity index (χ3n) is 9.12. The van der Waals surface area contributed by atoms with Gasteiger partial charge in [0.2, 0.25) is 5.88 Å². The molecule has 2 aromatic heterocycles. The third kappa shape index (κ3) is 7.32. The number of nitrogens with one attached hydrogen (secondary N) is 3. The Labute approximate surface area is 295 Å². The molecule has 0 saturated carbocycles. The Balaban J connectivity index is 1.58. The summed E-state index contributed by atoms with van der Waals surface area (Å²) in [4.78, 5) is 34.2. The highest BCUT2D eigenvalue weighted by molar-refractivity contribution is 7.71. The highest BCUT2D eigenvalue weighted by Crippen LogP contribution is 2.38. The number of likely N-dealkylation sites (tertiary alicyclic amines) is 1. The van der Waals surface area contributed by atoms with Crippen LogP contribution >= 0.6 is 24.4 Å². The summed E-state index contributed by atoms with van der Waals surface area (Å²) in [6.07, 6.45) is 3.33. The van der Waals surface area contributed by atoms with Crippen molar-refractivity contribution in [1.29, 1.82) is 0 Å². The van der Waals surface area contributed by atoms with E-state index in [2.05, 4.69) is 9.97 Å². The number of quaternary nitrogens is 1. The number of hydrogen-bond donors (Lipinski definition) is 4. The van der Waals surface area contributed by atoms with Crippen molar-refractivity contribution < 1.29 is 28.6 Å². The minimum Gasteiger partial charge on any atom is -0.860 e. The maximum atomic E-state index is 14.4. The van der Waals surface area contributed by atoms with Crippen LogP contribution < -0.4 is 25.9 Å². The molecule has 1 atom stereocenters. The molecule has 14 heteroatoms.